The van der Waals surface area contributed by atoms with Gasteiger partial charge in [0.05, 0.1) is 18.4 Å². The number of nitrogens with zero attached hydrogens (tertiary/aromatic N) is 2. The van der Waals surface area contributed by atoms with Crippen molar-refractivity contribution in [3.8, 4) is 0 Å². The summed E-state index contributed by atoms with van der Waals surface area (Å²) >= 11 is 16.6. The number of amides is 3. The lowest BCUT2D eigenvalue weighted by atomic mass is 9.81. The summed E-state index contributed by atoms with van der Waals surface area (Å²) in [4.78, 5) is 40.3. The van der Waals surface area contributed by atoms with Crippen LogP contribution in [0.5, 0.6) is 0 Å². The van der Waals surface area contributed by atoms with Crippen LogP contribution >= 0.6 is 59.4 Å². The third-order valence-electron chi connectivity index (χ3n) is 5.70. The Labute approximate surface area is 210 Å². The lowest BCUT2D eigenvalue weighted by molar-refractivity contribution is -0.155. The first-order valence-corrected chi connectivity index (χ1v) is 12.7. The van der Waals surface area contributed by atoms with Gasteiger partial charge in [0, 0.05) is 24.7 Å². The number of hydrogen-bond acceptors (Lipinski definition) is 3. The molecule has 3 amide bonds. The number of carbonyl (C=O) groups excluding carboxylic acids is 3. The molecular formula is C22H18Br3ClN2O3. The van der Waals surface area contributed by atoms with Crippen LogP contribution in [0.15, 0.2) is 53.0 Å². The van der Waals surface area contributed by atoms with Gasteiger partial charge in [-0.05, 0) is 54.8 Å². The van der Waals surface area contributed by atoms with E-state index in [1.807, 2.05) is 24.3 Å². The minimum absolute atomic E-state index is 0.0948. The molecule has 0 bridgehead atoms. The van der Waals surface area contributed by atoms with Crippen LogP contribution in [0, 0.1) is 11.8 Å². The van der Waals surface area contributed by atoms with E-state index in [1.54, 1.807) is 24.3 Å². The van der Waals surface area contributed by atoms with E-state index >= 15 is 0 Å². The number of alkyl halides is 2. The average Bonchev–Trinajstić information content (AvgIpc) is 2.98. The maximum atomic E-state index is 13.4. The maximum Gasteiger partial charge on any atom is 0.273 e. The van der Waals surface area contributed by atoms with Gasteiger partial charge < -0.3 is 0 Å². The average molecular weight is 634 g/mol. The lowest BCUT2D eigenvalue weighted by Gasteiger charge is -2.30. The molecule has 162 valence electrons. The molecule has 4 rings (SSSR count). The first-order valence-electron chi connectivity index (χ1n) is 9.74. The molecule has 0 unspecified atom stereocenters. The van der Waals surface area contributed by atoms with Crippen LogP contribution in [0.3, 0.4) is 0 Å². The lowest BCUT2D eigenvalue weighted by Crippen LogP contribution is -2.49. The molecule has 1 aliphatic carbocycles. The smallest absolute Gasteiger partial charge is 0.272 e. The fourth-order valence-corrected chi connectivity index (χ4v) is 5.68. The standard InChI is InChI=1S/C22H18Br3ClN2O3/c23-14-5-1-12(2-6-14)11-27(20(29)13-3-7-15(26)8-4-13)28-21(30)16-9-18(24)19(25)10-17(16)22(28)31/h1-8,16-19H,9-11H2/t16-,17-,18+,19+/m1/s1. The Morgan fingerprint density at radius 3 is 1.97 bits per heavy atom. The largest absolute Gasteiger partial charge is 0.273 e. The van der Waals surface area contributed by atoms with Crippen molar-refractivity contribution >= 4 is 77.1 Å². The number of rotatable bonds is 4. The van der Waals surface area contributed by atoms with Crippen molar-refractivity contribution in [3.05, 3.63) is 69.2 Å². The summed E-state index contributed by atoms with van der Waals surface area (Å²) in [5.74, 6) is -1.94. The minimum Gasteiger partial charge on any atom is -0.272 e. The predicted octanol–water partition coefficient (Wildman–Crippen LogP) is 5.58. The van der Waals surface area contributed by atoms with Gasteiger partial charge in [-0.15, -0.1) is 0 Å². The number of hydrazine groups is 1. The van der Waals surface area contributed by atoms with E-state index < -0.39 is 17.7 Å². The van der Waals surface area contributed by atoms with E-state index in [0.717, 1.165) is 15.0 Å². The maximum absolute atomic E-state index is 13.4. The molecule has 1 saturated heterocycles. The van der Waals surface area contributed by atoms with Gasteiger partial charge in [-0.3, -0.25) is 14.4 Å². The van der Waals surface area contributed by atoms with Crippen molar-refractivity contribution in [2.24, 2.45) is 11.8 Å². The van der Waals surface area contributed by atoms with Gasteiger partial charge in [-0.25, -0.2) is 5.01 Å². The van der Waals surface area contributed by atoms with Gasteiger partial charge in [0.2, 0.25) is 0 Å². The molecular weight excluding hydrogens is 615 g/mol. The summed E-state index contributed by atoms with van der Waals surface area (Å²) in [6.45, 7) is 0.0984. The zero-order chi connectivity index (χ0) is 22.3. The first kappa shape index (κ1) is 23.0. The zero-order valence-corrected chi connectivity index (χ0v) is 21.7. The highest BCUT2D eigenvalue weighted by molar-refractivity contribution is 9.12. The Hall–Kier alpha value is -1.22. The molecule has 0 aromatic heterocycles. The molecule has 0 N–H and O–H groups in total. The summed E-state index contributed by atoms with van der Waals surface area (Å²) in [5, 5.41) is 2.84. The fraction of sp³-hybridized carbons (Fsp3) is 0.318. The summed E-state index contributed by atoms with van der Waals surface area (Å²) < 4.78 is 0.901. The summed E-state index contributed by atoms with van der Waals surface area (Å²) in [6, 6.07) is 13.9. The molecule has 4 atom stereocenters. The number of hydrogen-bond donors (Lipinski definition) is 0. The molecule has 9 heteroatoms. The van der Waals surface area contributed by atoms with Crippen molar-refractivity contribution < 1.29 is 14.4 Å². The van der Waals surface area contributed by atoms with E-state index in [2.05, 4.69) is 47.8 Å². The van der Waals surface area contributed by atoms with Crippen molar-refractivity contribution in [2.45, 2.75) is 29.0 Å². The molecule has 1 aliphatic heterocycles. The molecule has 0 radical (unpaired) electrons. The van der Waals surface area contributed by atoms with Crippen LogP contribution in [0.2, 0.25) is 5.02 Å². The molecule has 2 aromatic carbocycles. The Bertz CT molecular complexity index is 988. The Morgan fingerprint density at radius 2 is 1.45 bits per heavy atom. The topological polar surface area (TPSA) is 57.7 Å². The van der Waals surface area contributed by atoms with E-state index in [4.69, 9.17) is 11.6 Å². The summed E-state index contributed by atoms with van der Waals surface area (Å²) in [7, 11) is 0. The molecule has 2 aromatic rings. The van der Waals surface area contributed by atoms with Crippen LogP contribution in [-0.4, -0.2) is 37.4 Å². The van der Waals surface area contributed by atoms with Crippen molar-refractivity contribution in [1.29, 1.82) is 0 Å². The number of imide groups is 1. The number of halogens is 4. The van der Waals surface area contributed by atoms with Crippen molar-refractivity contribution in [1.82, 2.24) is 10.0 Å². The van der Waals surface area contributed by atoms with Crippen LogP contribution in [-0.2, 0) is 16.1 Å². The molecule has 5 nitrogen and oxygen atoms in total. The second-order valence-corrected chi connectivity index (χ2v) is 11.4. The molecule has 1 saturated carbocycles. The van der Waals surface area contributed by atoms with Crippen molar-refractivity contribution in [2.75, 3.05) is 0 Å². The molecule has 2 aliphatic rings. The Morgan fingerprint density at radius 1 is 0.935 bits per heavy atom. The van der Waals surface area contributed by atoms with E-state index in [9.17, 15) is 14.4 Å². The van der Waals surface area contributed by atoms with Crippen LogP contribution in [0.1, 0.15) is 28.8 Å². The quantitative estimate of drug-likeness (QED) is 0.327. The monoisotopic (exact) mass is 630 g/mol. The fourth-order valence-electron chi connectivity index (χ4n) is 4.05. The zero-order valence-electron chi connectivity index (χ0n) is 16.2. The number of fused-ring (bicyclic) bond motifs is 1. The van der Waals surface area contributed by atoms with Crippen molar-refractivity contribution in [3.63, 3.8) is 0 Å². The Kier molecular flexibility index (Phi) is 6.91. The van der Waals surface area contributed by atoms with E-state index in [1.165, 1.54) is 5.01 Å². The van der Waals surface area contributed by atoms with Gasteiger partial charge in [-0.2, -0.15) is 5.01 Å². The highest BCUT2D eigenvalue weighted by Gasteiger charge is 2.54. The van der Waals surface area contributed by atoms with Crippen LogP contribution in [0.25, 0.3) is 0 Å². The van der Waals surface area contributed by atoms with Crippen LogP contribution < -0.4 is 0 Å². The van der Waals surface area contributed by atoms with Gasteiger partial charge in [0.15, 0.2) is 0 Å². The third-order valence-corrected chi connectivity index (χ3v) is 9.21. The minimum atomic E-state index is -0.434. The second-order valence-electron chi connectivity index (χ2n) is 7.70. The third kappa shape index (κ3) is 4.63. The summed E-state index contributed by atoms with van der Waals surface area (Å²) in [6.07, 6.45) is 1.09. The SMILES string of the molecule is O=C(c1ccc(Cl)cc1)N(Cc1ccc(Br)cc1)N1C(=O)[C@@H]2C[C@H](Br)[C@@H](Br)C[C@H]2C1=O. The van der Waals surface area contributed by atoms with Gasteiger partial charge in [-0.1, -0.05) is 71.5 Å². The highest BCUT2D eigenvalue weighted by atomic mass is 79.9. The normalized spacial score (nSPS) is 25.5. The Balaban J connectivity index is 1.70. The first-order chi connectivity index (χ1) is 14.8. The van der Waals surface area contributed by atoms with Gasteiger partial charge in [0.1, 0.15) is 0 Å². The number of benzene rings is 2. The summed E-state index contributed by atoms with van der Waals surface area (Å²) in [5.41, 5.74) is 1.16. The van der Waals surface area contributed by atoms with Gasteiger partial charge in [0.25, 0.3) is 17.7 Å². The molecule has 31 heavy (non-hydrogen) atoms. The highest BCUT2D eigenvalue weighted by Crippen LogP contribution is 2.44. The molecule has 2 fully saturated rings. The van der Waals surface area contributed by atoms with Gasteiger partial charge >= 0.3 is 0 Å². The second kappa shape index (κ2) is 9.33. The molecule has 0 spiro atoms. The predicted molar refractivity (Wildman–Crippen MR) is 129 cm³/mol. The molecule has 1 heterocycles. The van der Waals surface area contributed by atoms with Crippen LogP contribution in [0.4, 0.5) is 0 Å². The number of carbonyl (C=O) groups is 3. The van der Waals surface area contributed by atoms with E-state index in [0.29, 0.717) is 23.4 Å². The van der Waals surface area contributed by atoms with E-state index in [-0.39, 0.29) is 28.0 Å².